The number of amides is 3. The molecule has 0 radical (unpaired) electrons. The van der Waals surface area contributed by atoms with Gasteiger partial charge in [0, 0.05) is 5.69 Å². The number of hydrogen-bond donors (Lipinski definition) is 1. The first kappa shape index (κ1) is 25.4. The number of benzene rings is 2. The molecule has 4 atom stereocenters. The van der Waals surface area contributed by atoms with Crippen molar-refractivity contribution in [3.05, 3.63) is 71.8 Å². The largest absolute Gasteiger partial charge is 0.462 e. The van der Waals surface area contributed by atoms with Crippen LogP contribution in [0.2, 0.25) is 0 Å². The molecule has 2 aromatic rings. The van der Waals surface area contributed by atoms with E-state index in [1.54, 1.807) is 24.3 Å². The Morgan fingerprint density at radius 2 is 1.39 bits per heavy atom. The fraction of sp³-hybridized carbons (Fsp3) is 0.345. The fourth-order valence-corrected chi connectivity index (χ4v) is 5.40. The molecule has 3 aliphatic rings. The second kappa shape index (κ2) is 10.6. The molecule has 0 unspecified atom stereocenters. The first-order chi connectivity index (χ1) is 18.4. The van der Waals surface area contributed by atoms with Gasteiger partial charge >= 0.3 is 11.9 Å². The third-order valence-corrected chi connectivity index (χ3v) is 7.30. The molecule has 9 heteroatoms. The monoisotopic (exact) mass is 516 g/mol. The summed E-state index contributed by atoms with van der Waals surface area (Å²) in [6.45, 7) is 1.85. The maximum absolute atomic E-state index is 13.0. The molecule has 1 aliphatic heterocycles. The fourth-order valence-electron chi connectivity index (χ4n) is 5.40. The average Bonchev–Trinajstić information content (AvgIpc) is 3.61. The Morgan fingerprint density at radius 3 is 1.97 bits per heavy atom. The number of carbonyl (C=O) groups excluding carboxylic acids is 5. The Bertz CT molecular complexity index is 1270. The van der Waals surface area contributed by atoms with Gasteiger partial charge in [-0.2, -0.15) is 0 Å². The molecule has 1 heterocycles. The molecule has 0 spiro atoms. The minimum atomic E-state index is -0.713. The summed E-state index contributed by atoms with van der Waals surface area (Å²) in [5.41, 5.74) is 1.42. The molecule has 38 heavy (non-hydrogen) atoms. The standard InChI is InChI=1S/C29H28N2O7/c1-2-3-14-37-28(35)17-6-10-21(11-7-17)30-23(32)16-38-29(36)18-8-12-22(13-9-18)31-26(33)24-19-4-5-20(15-19)25(24)27(31)34/h4-13,19-20,24-25H,2-3,14-16H2,1H3,(H,30,32)/t19-,20-,24-,25+/m0/s1. The van der Waals surface area contributed by atoms with Gasteiger partial charge in [0.25, 0.3) is 5.91 Å². The van der Waals surface area contributed by atoms with E-state index in [1.807, 2.05) is 19.1 Å². The lowest BCUT2D eigenvalue weighted by molar-refractivity contribution is -0.123. The highest BCUT2D eigenvalue weighted by molar-refractivity contribution is 6.22. The highest BCUT2D eigenvalue weighted by atomic mass is 16.5. The maximum Gasteiger partial charge on any atom is 0.338 e. The number of nitrogens with zero attached hydrogens (tertiary/aromatic N) is 1. The molecule has 5 rings (SSSR count). The molecule has 196 valence electrons. The number of rotatable bonds is 9. The van der Waals surface area contributed by atoms with Crippen LogP contribution >= 0.6 is 0 Å². The molecule has 1 saturated carbocycles. The molecule has 2 fully saturated rings. The van der Waals surface area contributed by atoms with E-state index in [-0.39, 0.29) is 41.0 Å². The van der Waals surface area contributed by atoms with Gasteiger partial charge in [0.15, 0.2) is 6.61 Å². The van der Waals surface area contributed by atoms with Crippen LogP contribution in [0, 0.1) is 23.7 Å². The third kappa shape index (κ3) is 4.83. The minimum absolute atomic E-state index is 0.122. The summed E-state index contributed by atoms with van der Waals surface area (Å²) in [7, 11) is 0. The molecule has 2 aliphatic carbocycles. The molecule has 0 aromatic heterocycles. The molecule has 3 amide bonds. The number of anilines is 2. The van der Waals surface area contributed by atoms with Crippen molar-refractivity contribution in [1.29, 1.82) is 0 Å². The van der Waals surface area contributed by atoms with Gasteiger partial charge in [0.1, 0.15) is 0 Å². The van der Waals surface area contributed by atoms with E-state index in [0.717, 1.165) is 19.3 Å². The number of carbonyl (C=O) groups is 5. The molecule has 2 bridgehead atoms. The predicted molar refractivity (Wildman–Crippen MR) is 137 cm³/mol. The summed E-state index contributed by atoms with van der Waals surface area (Å²) in [5, 5.41) is 2.60. The Balaban J connectivity index is 1.11. The summed E-state index contributed by atoms with van der Waals surface area (Å²) in [4.78, 5) is 63.8. The van der Waals surface area contributed by atoms with Crippen LogP contribution < -0.4 is 10.2 Å². The van der Waals surface area contributed by atoms with Gasteiger partial charge in [-0.05, 0) is 73.2 Å². The van der Waals surface area contributed by atoms with E-state index >= 15 is 0 Å². The van der Waals surface area contributed by atoms with Crippen LogP contribution in [-0.4, -0.2) is 42.9 Å². The smallest absolute Gasteiger partial charge is 0.338 e. The highest BCUT2D eigenvalue weighted by Gasteiger charge is 2.59. The van der Waals surface area contributed by atoms with E-state index in [4.69, 9.17) is 9.47 Å². The van der Waals surface area contributed by atoms with E-state index in [2.05, 4.69) is 5.32 Å². The van der Waals surface area contributed by atoms with Crippen molar-refractivity contribution in [2.24, 2.45) is 23.7 Å². The van der Waals surface area contributed by atoms with Gasteiger partial charge in [0.2, 0.25) is 11.8 Å². The van der Waals surface area contributed by atoms with Crippen LogP contribution in [0.3, 0.4) is 0 Å². The lowest BCUT2D eigenvalue weighted by Gasteiger charge is -2.17. The molecule has 2 aromatic carbocycles. The molecular weight excluding hydrogens is 488 g/mol. The van der Waals surface area contributed by atoms with Crippen molar-refractivity contribution in [3.8, 4) is 0 Å². The van der Waals surface area contributed by atoms with E-state index < -0.39 is 24.5 Å². The van der Waals surface area contributed by atoms with E-state index in [0.29, 0.717) is 23.5 Å². The van der Waals surface area contributed by atoms with Crippen molar-refractivity contribution in [1.82, 2.24) is 0 Å². The maximum atomic E-state index is 13.0. The van der Waals surface area contributed by atoms with Crippen molar-refractivity contribution in [2.75, 3.05) is 23.4 Å². The Kier molecular flexibility index (Phi) is 7.09. The Labute approximate surface area is 219 Å². The van der Waals surface area contributed by atoms with Crippen LogP contribution in [0.1, 0.15) is 46.9 Å². The number of allylic oxidation sites excluding steroid dienone is 2. The second-order valence-electron chi connectivity index (χ2n) is 9.75. The lowest BCUT2D eigenvalue weighted by Crippen LogP contribution is -2.32. The summed E-state index contributed by atoms with van der Waals surface area (Å²) >= 11 is 0. The van der Waals surface area contributed by atoms with Crippen LogP contribution in [0.5, 0.6) is 0 Å². The quantitative estimate of drug-likeness (QED) is 0.233. The van der Waals surface area contributed by atoms with Crippen LogP contribution in [0.4, 0.5) is 11.4 Å². The van der Waals surface area contributed by atoms with E-state index in [9.17, 15) is 24.0 Å². The topological polar surface area (TPSA) is 119 Å². The van der Waals surface area contributed by atoms with Crippen molar-refractivity contribution in [3.63, 3.8) is 0 Å². The third-order valence-electron chi connectivity index (χ3n) is 7.30. The zero-order valence-electron chi connectivity index (χ0n) is 20.9. The summed E-state index contributed by atoms with van der Waals surface area (Å²) < 4.78 is 10.3. The Hall–Kier alpha value is -4.27. The van der Waals surface area contributed by atoms with Gasteiger partial charge in [-0.3, -0.25) is 19.3 Å². The normalized spacial score (nSPS) is 22.9. The van der Waals surface area contributed by atoms with Gasteiger partial charge in [-0.1, -0.05) is 25.5 Å². The molecular formula is C29H28N2O7. The highest BCUT2D eigenvalue weighted by Crippen LogP contribution is 2.53. The number of fused-ring (bicyclic) bond motifs is 5. The van der Waals surface area contributed by atoms with Crippen molar-refractivity contribution >= 4 is 41.0 Å². The van der Waals surface area contributed by atoms with Crippen molar-refractivity contribution in [2.45, 2.75) is 26.2 Å². The summed E-state index contributed by atoms with van der Waals surface area (Å²) in [5.74, 6) is -2.41. The van der Waals surface area contributed by atoms with Gasteiger partial charge in [-0.15, -0.1) is 0 Å². The van der Waals surface area contributed by atoms with Crippen LogP contribution in [0.15, 0.2) is 60.7 Å². The number of unbranched alkanes of at least 4 members (excludes halogenated alkanes) is 1. The molecule has 1 N–H and O–H groups in total. The Morgan fingerprint density at radius 1 is 0.842 bits per heavy atom. The van der Waals surface area contributed by atoms with Crippen LogP contribution in [-0.2, 0) is 23.9 Å². The van der Waals surface area contributed by atoms with Crippen molar-refractivity contribution < 1.29 is 33.4 Å². The number of imide groups is 1. The minimum Gasteiger partial charge on any atom is -0.462 e. The number of ether oxygens (including phenoxy) is 2. The van der Waals surface area contributed by atoms with Gasteiger partial charge < -0.3 is 14.8 Å². The van der Waals surface area contributed by atoms with Crippen LogP contribution in [0.25, 0.3) is 0 Å². The van der Waals surface area contributed by atoms with Gasteiger partial charge in [-0.25, -0.2) is 9.59 Å². The second-order valence-corrected chi connectivity index (χ2v) is 9.75. The summed E-state index contributed by atoms with van der Waals surface area (Å²) in [6.07, 6.45) is 6.65. The molecule has 9 nitrogen and oxygen atoms in total. The van der Waals surface area contributed by atoms with E-state index in [1.165, 1.54) is 29.2 Å². The first-order valence-electron chi connectivity index (χ1n) is 12.8. The first-order valence-corrected chi connectivity index (χ1v) is 12.8. The number of nitrogens with one attached hydrogen (secondary N) is 1. The zero-order valence-corrected chi connectivity index (χ0v) is 20.9. The summed E-state index contributed by atoms with van der Waals surface area (Å²) in [6, 6.07) is 12.2. The number of esters is 2. The number of hydrogen-bond acceptors (Lipinski definition) is 7. The predicted octanol–water partition coefficient (Wildman–Crippen LogP) is 3.75. The SMILES string of the molecule is CCCCOC(=O)c1ccc(NC(=O)COC(=O)c2ccc(N3C(=O)[C@@H]4[C@H](C3=O)[C@H]3C=C[C@H]4C3)cc2)cc1. The zero-order chi connectivity index (χ0) is 26.8. The van der Waals surface area contributed by atoms with Gasteiger partial charge in [0.05, 0.1) is 35.3 Å². The average molecular weight is 517 g/mol. The molecule has 1 saturated heterocycles. The lowest BCUT2D eigenvalue weighted by atomic mass is 9.85.